The number of likely N-dealkylation sites (N-methyl/N-ethyl adjacent to an activating group) is 1. The number of aliphatic imine (C=N–C) groups is 1. The Balaban J connectivity index is 1.41. The molecular weight excluding hydrogens is 480 g/mol. The summed E-state index contributed by atoms with van der Waals surface area (Å²) in [5.74, 6) is 0.299. The Morgan fingerprint density at radius 3 is 2.53 bits per heavy atom. The molecule has 200 valence electrons. The van der Waals surface area contributed by atoms with Crippen LogP contribution in [-0.4, -0.2) is 61.7 Å². The van der Waals surface area contributed by atoms with Crippen molar-refractivity contribution in [3.05, 3.63) is 59.1 Å². The third-order valence-electron chi connectivity index (χ3n) is 8.17. The number of carbonyl (C=O) groups is 2. The molecule has 2 aromatic rings. The number of aliphatic hydroxyl groups excluding tert-OH is 1. The van der Waals surface area contributed by atoms with E-state index in [1.54, 1.807) is 22.7 Å². The smallest absolute Gasteiger partial charge is 0.251 e. The summed E-state index contributed by atoms with van der Waals surface area (Å²) < 4.78 is 1.58. The van der Waals surface area contributed by atoms with Gasteiger partial charge in [-0.2, -0.15) is 9.61 Å². The second-order valence-electron chi connectivity index (χ2n) is 10.7. The van der Waals surface area contributed by atoms with Crippen molar-refractivity contribution in [3.63, 3.8) is 0 Å². The highest BCUT2D eigenvalue weighted by Crippen LogP contribution is 2.38. The minimum Gasteiger partial charge on any atom is -0.384 e. The van der Waals surface area contributed by atoms with Gasteiger partial charge < -0.3 is 15.7 Å². The number of allylic oxidation sites excluding steroid dienone is 5. The topological polar surface area (TPSA) is 126 Å². The molecular formula is C29H36N6O3. The lowest BCUT2D eigenvalue weighted by molar-refractivity contribution is -0.140. The lowest BCUT2D eigenvalue weighted by atomic mass is 9.81. The Morgan fingerprint density at radius 2 is 1.92 bits per heavy atom. The molecule has 0 radical (unpaired) electrons. The summed E-state index contributed by atoms with van der Waals surface area (Å²) in [6.45, 7) is 3.01. The van der Waals surface area contributed by atoms with Crippen LogP contribution in [0.2, 0.25) is 0 Å². The molecule has 0 bridgehead atoms. The van der Waals surface area contributed by atoms with Crippen LogP contribution in [0.1, 0.15) is 85.8 Å². The molecule has 3 N–H and O–H groups in total. The van der Waals surface area contributed by atoms with Gasteiger partial charge in [0.1, 0.15) is 11.9 Å². The van der Waals surface area contributed by atoms with E-state index >= 15 is 0 Å². The Hall–Kier alpha value is -3.59. The van der Waals surface area contributed by atoms with E-state index in [0.29, 0.717) is 22.9 Å². The first-order chi connectivity index (χ1) is 18.3. The molecule has 2 aliphatic carbocycles. The molecule has 0 aromatic carbocycles. The van der Waals surface area contributed by atoms with E-state index in [0.717, 1.165) is 55.5 Å². The average Bonchev–Trinajstić information content (AvgIpc) is 3.37. The van der Waals surface area contributed by atoms with Gasteiger partial charge in [-0.25, -0.2) is 4.98 Å². The average molecular weight is 517 g/mol. The number of fused-ring (bicyclic) bond motifs is 1. The van der Waals surface area contributed by atoms with Crippen molar-refractivity contribution in [2.24, 2.45) is 10.9 Å². The van der Waals surface area contributed by atoms with Crippen molar-refractivity contribution < 1.29 is 14.7 Å². The zero-order valence-electron chi connectivity index (χ0n) is 22.2. The van der Waals surface area contributed by atoms with Gasteiger partial charge in [0, 0.05) is 48.3 Å². The van der Waals surface area contributed by atoms with Gasteiger partial charge in [-0.15, -0.1) is 0 Å². The van der Waals surface area contributed by atoms with E-state index in [1.165, 1.54) is 13.8 Å². The van der Waals surface area contributed by atoms with Crippen LogP contribution in [0.4, 0.5) is 5.82 Å². The molecule has 9 heteroatoms. The number of nitrogens with two attached hydrogens (primary N) is 1. The molecule has 0 spiro atoms. The number of aliphatic hydroxyl groups is 1. The number of hydrogen-bond donors (Lipinski definition) is 2. The number of ketones is 1. The number of amides is 1. The minimum atomic E-state index is -1.02. The Bertz CT molecular complexity index is 1360. The van der Waals surface area contributed by atoms with Crippen LogP contribution in [0.25, 0.3) is 5.65 Å². The standard InChI is InChI=1S/C29H36N6O3/c1-17(36)25-26(20-9-12-22(13-10-20)34(3)29(38)18(2)37)33-28-23(16-32-35(28)27(25)30)21-11-14-24(31-15-21)19-7-5-4-6-8-19/h4-7,14-16,18-22,37H,8-13,30H2,1-3H3. The van der Waals surface area contributed by atoms with Crippen molar-refractivity contribution in [1.29, 1.82) is 0 Å². The molecule has 3 unspecified atom stereocenters. The molecule has 1 aliphatic heterocycles. The summed E-state index contributed by atoms with van der Waals surface area (Å²) in [7, 11) is 1.74. The zero-order valence-corrected chi connectivity index (χ0v) is 22.2. The quantitative estimate of drug-likeness (QED) is 0.560. The first-order valence-electron chi connectivity index (χ1n) is 13.5. The van der Waals surface area contributed by atoms with Crippen LogP contribution < -0.4 is 5.73 Å². The van der Waals surface area contributed by atoms with E-state index in [4.69, 9.17) is 15.7 Å². The van der Waals surface area contributed by atoms with Crippen LogP contribution in [-0.2, 0) is 4.79 Å². The third kappa shape index (κ3) is 4.82. The molecule has 38 heavy (non-hydrogen) atoms. The molecule has 2 aromatic heterocycles. The highest BCUT2D eigenvalue weighted by molar-refractivity contribution is 6.00. The number of nitrogens with zero attached hydrogens (tertiary/aromatic N) is 5. The van der Waals surface area contributed by atoms with Gasteiger partial charge in [0.15, 0.2) is 11.4 Å². The number of Topliss-reactive ketones (excluding diaryl/α,β-unsaturated/α-hetero) is 1. The Morgan fingerprint density at radius 1 is 1.16 bits per heavy atom. The predicted octanol–water partition coefficient (Wildman–Crippen LogP) is 3.95. The first-order valence-corrected chi connectivity index (χ1v) is 13.5. The lowest BCUT2D eigenvalue weighted by Crippen LogP contribution is -2.43. The van der Waals surface area contributed by atoms with Crippen molar-refractivity contribution in [1.82, 2.24) is 19.5 Å². The summed E-state index contributed by atoms with van der Waals surface area (Å²) in [5, 5.41) is 14.2. The number of anilines is 1. The molecule has 3 aliphatic rings. The van der Waals surface area contributed by atoms with E-state index in [9.17, 15) is 14.7 Å². The largest absolute Gasteiger partial charge is 0.384 e. The zero-order chi connectivity index (χ0) is 27.0. The SMILES string of the molecule is CC(=O)c1c(C2CCC(N(C)C(=O)C(C)O)CC2)nc2c(C3C=NC(C4C=CC=CC4)=CC3)cnn2c1N. The van der Waals surface area contributed by atoms with E-state index < -0.39 is 6.10 Å². The molecule has 0 saturated heterocycles. The third-order valence-corrected chi connectivity index (χ3v) is 8.17. The molecule has 9 nitrogen and oxygen atoms in total. The van der Waals surface area contributed by atoms with Gasteiger partial charge in [0.2, 0.25) is 0 Å². The fraction of sp³-hybridized carbons (Fsp3) is 0.483. The summed E-state index contributed by atoms with van der Waals surface area (Å²) in [6, 6.07) is 0.0506. The molecule has 5 rings (SSSR count). The maximum Gasteiger partial charge on any atom is 0.251 e. The summed E-state index contributed by atoms with van der Waals surface area (Å²) in [4.78, 5) is 36.5. The highest BCUT2D eigenvalue weighted by Gasteiger charge is 2.33. The molecule has 1 fully saturated rings. The van der Waals surface area contributed by atoms with Crippen molar-refractivity contribution in [2.75, 3.05) is 12.8 Å². The van der Waals surface area contributed by atoms with Crippen LogP contribution in [0.5, 0.6) is 0 Å². The molecule has 3 heterocycles. The highest BCUT2D eigenvalue weighted by atomic mass is 16.3. The van der Waals surface area contributed by atoms with Crippen LogP contribution in [0.3, 0.4) is 0 Å². The molecule has 3 atom stereocenters. The maximum absolute atomic E-state index is 12.7. The summed E-state index contributed by atoms with van der Waals surface area (Å²) in [6.07, 6.45) is 18.3. The van der Waals surface area contributed by atoms with Crippen LogP contribution in [0, 0.1) is 5.92 Å². The monoisotopic (exact) mass is 516 g/mol. The number of rotatable bonds is 6. The summed E-state index contributed by atoms with van der Waals surface area (Å²) in [5.41, 5.74) is 10.4. The number of carbonyl (C=O) groups excluding carboxylic acids is 2. The minimum absolute atomic E-state index is 0.0261. The van der Waals surface area contributed by atoms with Gasteiger partial charge in [-0.05, 0) is 52.4 Å². The van der Waals surface area contributed by atoms with Crippen molar-refractivity contribution in [2.45, 2.75) is 76.4 Å². The number of hydrogen-bond acceptors (Lipinski definition) is 7. The lowest BCUT2D eigenvalue weighted by Gasteiger charge is -2.35. The van der Waals surface area contributed by atoms with Gasteiger partial charge >= 0.3 is 0 Å². The fourth-order valence-corrected chi connectivity index (χ4v) is 5.97. The van der Waals surface area contributed by atoms with E-state index in [-0.39, 0.29) is 29.6 Å². The first kappa shape index (κ1) is 26.0. The van der Waals surface area contributed by atoms with Gasteiger partial charge in [-0.1, -0.05) is 30.4 Å². The second kappa shape index (κ2) is 10.6. The Kier molecular flexibility index (Phi) is 7.29. The fourth-order valence-electron chi connectivity index (χ4n) is 5.97. The van der Waals surface area contributed by atoms with Crippen LogP contribution >= 0.6 is 0 Å². The summed E-state index contributed by atoms with van der Waals surface area (Å²) >= 11 is 0. The van der Waals surface area contributed by atoms with Gasteiger partial charge in [0.05, 0.1) is 17.5 Å². The van der Waals surface area contributed by atoms with Crippen LogP contribution in [0.15, 0.2) is 47.3 Å². The van der Waals surface area contributed by atoms with Crippen molar-refractivity contribution in [3.8, 4) is 0 Å². The normalized spacial score (nSPS) is 25.8. The van der Waals surface area contributed by atoms with E-state index in [2.05, 4.69) is 35.5 Å². The molecule has 1 saturated carbocycles. The second-order valence-corrected chi connectivity index (χ2v) is 10.7. The predicted molar refractivity (Wildman–Crippen MR) is 147 cm³/mol. The van der Waals surface area contributed by atoms with Gasteiger partial charge in [0.25, 0.3) is 5.91 Å². The van der Waals surface area contributed by atoms with E-state index in [1.807, 2.05) is 6.21 Å². The number of aromatic nitrogens is 3. The Labute approximate surface area is 222 Å². The van der Waals surface area contributed by atoms with Gasteiger partial charge in [-0.3, -0.25) is 14.6 Å². The van der Waals surface area contributed by atoms with Crippen molar-refractivity contribution >= 4 is 29.4 Å². The number of nitrogen functional groups attached to an aromatic ring is 1. The maximum atomic E-state index is 12.7. The molecule has 1 amide bonds.